The Hall–Kier alpha value is -0.990. The Kier molecular flexibility index (Phi) is 4.46. The summed E-state index contributed by atoms with van der Waals surface area (Å²) in [7, 11) is -4.58. The van der Waals surface area contributed by atoms with E-state index >= 15 is 0 Å². The zero-order valence-corrected chi connectivity index (χ0v) is 9.18. The van der Waals surface area contributed by atoms with Crippen LogP contribution in [-0.4, -0.2) is 52.7 Å². The van der Waals surface area contributed by atoms with Crippen LogP contribution < -0.4 is 4.18 Å². The standard InChI is InChI=1S/C10H8O6S.Na.H/c11-9-4-6-1-2-8(16-17(13,14)15)3-7(6)5-10(9)12;;/h1-5,11-12H,(H,13,14,15);;. The summed E-state index contributed by atoms with van der Waals surface area (Å²) in [4.78, 5) is 0. The summed E-state index contributed by atoms with van der Waals surface area (Å²) < 4.78 is 33.8. The van der Waals surface area contributed by atoms with Crippen molar-refractivity contribution in [2.45, 2.75) is 0 Å². The van der Waals surface area contributed by atoms with Crippen LogP contribution in [0.1, 0.15) is 0 Å². The van der Waals surface area contributed by atoms with Gasteiger partial charge < -0.3 is 14.4 Å². The molecule has 6 nitrogen and oxygen atoms in total. The molecule has 2 rings (SSSR count). The molecule has 92 valence electrons. The number of hydrogen-bond donors (Lipinski definition) is 3. The molecular weight excluding hydrogens is 271 g/mol. The Bertz CT molecular complexity index is 682. The molecule has 0 saturated carbocycles. The summed E-state index contributed by atoms with van der Waals surface area (Å²) in [6.45, 7) is 0. The first-order valence-corrected chi connectivity index (χ1v) is 5.84. The molecule has 0 aliphatic heterocycles. The molecule has 0 bridgehead atoms. The molecule has 0 saturated heterocycles. The van der Waals surface area contributed by atoms with Gasteiger partial charge in [-0.25, -0.2) is 0 Å². The van der Waals surface area contributed by atoms with Crippen LogP contribution in [0.25, 0.3) is 10.8 Å². The van der Waals surface area contributed by atoms with E-state index in [1.165, 1.54) is 30.3 Å². The maximum atomic E-state index is 10.5. The van der Waals surface area contributed by atoms with E-state index in [2.05, 4.69) is 4.18 Å². The van der Waals surface area contributed by atoms with E-state index in [9.17, 15) is 18.6 Å². The van der Waals surface area contributed by atoms with E-state index in [-0.39, 0.29) is 46.8 Å². The molecule has 8 heteroatoms. The van der Waals surface area contributed by atoms with E-state index in [1.54, 1.807) is 0 Å². The van der Waals surface area contributed by atoms with Gasteiger partial charge in [-0.1, -0.05) is 6.07 Å². The van der Waals surface area contributed by atoms with Crippen molar-refractivity contribution in [1.82, 2.24) is 0 Å². The van der Waals surface area contributed by atoms with Crippen molar-refractivity contribution in [2.75, 3.05) is 0 Å². The van der Waals surface area contributed by atoms with Crippen LogP contribution in [0.4, 0.5) is 0 Å². The summed E-state index contributed by atoms with van der Waals surface area (Å²) in [6, 6.07) is 6.67. The Balaban J connectivity index is 0.00000162. The van der Waals surface area contributed by atoms with E-state index in [0.29, 0.717) is 10.8 Å². The molecule has 0 aliphatic carbocycles. The summed E-state index contributed by atoms with van der Waals surface area (Å²) in [6.07, 6.45) is 0. The van der Waals surface area contributed by atoms with Crippen molar-refractivity contribution in [3.8, 4) is 17.2 Å². The summed E-state index contributed by atoms with van der Waals surface area (Å²) in [5, 5.41) is 19.6. The van der Waals surface area contributed by atoms with Gasteiger partial charge in [0.2, 0.25) is 0 Å². The van der Waals surface area contributed by atoms with Gasteiger partial charge in [0.15, 0.2) is 11.5 Å². The van der Waals surface area contributed by atoms with Gasteiger partial charge in [0.25, 0.3) is 0 Å². The molecule has 0 unspecified atom stereocenters. The number of phenolic OH excluding ortho intramolecular Hbond substituents is 2. The molecular formula is C10H9NaO6S. The van der Waals surface area contributed by atoms with Crippen LogP contribution in [-0.2, 0) is 10.4 Å². The van der Waals surface area contributed by atoms with Crippen molar-refractivity contribution in [3.63, 3.8) is 0 Å². The van der Waals surface area contributed by atoms with Gasteiger partial charge in [-0.3, -0.25) is 4.55 Å². The summed E-state index contributed by atoms with van der Waals surface area (Å²) in [5.41, 5.74) is 0. The number of phenols is 2. The van der Waals surface area contributed by atoms with E-state index < -0.39 is 10.4 Å². The second kappa shape index (κ2) is 5.33. The summed E-state index contributed by atoms with van der Waals surface area (Å²) >= 11 is 0. The fourth-order valence-electron chi connectivity index (χ4n) is 1.43. The third-order valence-corrected chi connectivity index (χ3v) is 2.51. The average molecular weight is 280 g/mol. The quantitative estimate of drug-likeness (QED) is 0.427. The second-order valence-electron chi connectivity index (χ2n) is 3.36. The van der Waals surface area contributed by atoms with E-state index in [1.807, 2.05) is 0 Å². The molecule has 0 heterocycles. The average Bonchev–Trinajstić information content (AvgIpc) is 2.18. The molecule has 0 radical (unpaired) electrons. The Labute approximate surface area is 125 Å². The third-order valence-electron chi connectivity index (χ3n) is 2.11. The molecule has 0 amide bonds. The SMILES string of the molecule is O=S(=O)(O)Oc1ccc2cc(O)c(O)cc2c1.[NaH]. The van der Waals surface area contributed by atoms with Crippen LogP contribution in [0.5, 0.6) is 17.2 Å². The fraction of sp³-hybridized carbons (Fsp3) is 0. The van der Waals surface area contributed by atoms with Gasteiger partial charge in [-0.05, 0) is 35.0 Å². The number of benzene rings is 2. The zero-order valence-electron chi connectivity index (χ0n) is 8.36. The van der Waals surface area contributed by atoms with Crippen molar-refractivity contribution in [1.29, 1.82) is 0 Å². The number of aromatic hydroxyl groups is 2. The van der Waals surface area contributed by atoms with Gasteiger partial charge in [-0.15, -0.1) is 0 Å². The second-order valence-corrected chi connectivity index (χ2v) is 4.38. The Morgan fingerprint density at radius 3 is 2.06 bits per heavy atom. The normalized spacial score (nSPS) is 10.9. The molecule has 18 heavy (non-hydrogen) atoms. The maximum absolute atomic E-state index is 10.5. The predicted molar refractivity (Wildman–Crippen MR) is 66.6 cm³/mol. The van der Waals surface area contributed by atoms with Crippen molar-refractivity contribution >= 4 is 50.7 Å². The molecule has 0 aromatic heterocycles. The molecule has 0 fully saturated rings. The van der Waals surface area contributed by atoms with Crippen LogP contribution >= 0.6 is 0 Å². The fourth-order valence-corrected chi connectivity index (χ4v) is 1.77. The first-order chi connectivity index (χ1) is 7.85. The minimum atomic E-state index is -4.58. The van der Waals surface area contributed by atoms with Gasteiger partial charge >= 0.3 is 40.0 Å². The minimum absolute atomic E-state index is 0. The number of fused-ring (bicyclic) bond motifs is 1. The first kappa shape index (κ1) is 15.1. The van der Waals surface area contributed by atoms with Crippen molar-refractivity contribution < 1.29 is 27.4 Å². The molecule has 0 atom stereocenters. The molecule has 0 spiro atoms. The third kappa shape index (κ3) is 3.50. The summed E-state index contributed by atoms with van der Waals surface area (Å²) in [5.74, 6) is -0.701. The number of rotatable bonds is 2. The van der Waals surface area contributed by atoms with Crippen molar-refractivity contribution in [3.05, 3.63) is 30.3 Å². The van der Waals surface area contributed by atoms with Crippen LogP contribution in [0, 0.1) is 0 Å². The van der Waals surface area contributed by atoms with E-state index in [0.717, 1.165) is 0 Å². The monoisotopic (exact) mass is 280 g/mol. The zero-order chi connectivity index (χ0) is 12.6. The van der Waals surface area contributed by atoms with Crippen LogP contribution in [0.2, 0.25) is 0 Å². The predicted octanol–water partition coefficient (Wildman–Crippen LogP) is 0.784. The molecule has 3 N–H and O–H groups in total. The van der Waals surface area contributed by atoms with Crippen molar-refractivity contribution in [2.24, 2.45) is 0 Å². The van der Waals surface area contributed by atoms with Gasteiger partial charge in [0, 0.05) is 0 Å². The van der Waals surface area contributed by atoms with Gasteiger partial charge in [-0.2, -0.15) is 8.42 Å². The Morgan fingerprint density at radius 1 is 0.944 bits per heavy atom. The van der Waals surface area contributed by atoms with Gasteiger partial charge in [0.1, 0.15) is 5.75 Å². The molecule has 2 aromatic carbocycles. The van der Waals surface area contributed by atoms with Crippen LogP contribution in [0.15, 0.2) is 30.3 Å². The van der Waals surface area contributed by atoms with Crippen LogP contribution in [0.3, 0.4) is 0 Å². The topological polar surface area (TPSA) is 104 Å². The van der Waals surface area contributed by atoms with Gasteiger partial charge in [0.05, 0.1) is 0 Å². The first-order valence-electron chi connectivity index (χ1n) is 4.48. The van der Waals surface area contributed by atoms with E-state index in [4.69, 9.17) is 4.55 Å². The molecule has 0 aliphatic rings. The Morgan fingerprint density at radius 2 is 1.50 bits per heavy atom. The molecule has 2 aromatic rings. The number of hydrogen-bond acceptors (Lipinski definition) is 5.